The van der Waals surface area contributed by atoms with Crippen molar-refractivity contribution in [3.05, 3.63) is 29.6 Å². The number of nitrogens with zero attached hydrogens (tertiary/aromatic N) is 1. The molecule has 0 spiro atoms. The van der Waals surface area contributed by atoms with Crippen LogP contribution in [-0.2, 0) is 4.74 Å². The predicted octanol–water partition coefficient (Wildman–Crippen LogP) is 3.10. The summed E-state index contributed by atoms with van der Waals surface area (Å²) >= 11 is 0. The van der Waals surface area contributed by atoms with E-state index in [2.05, 4.69) is 31.0 Å². The Morgan fingerprint density at radius 1 is 1.27 bits per heavy atom. The lowest BCUT2D eigenvalue weighted by Gasteiger charge is -2.22. The molecule has 0 unspecified atom stereocenters. The Morgan fingerprint density at radius 3 is 2.53 bits per heavy atom. The van der Waals surface area contributed by atoms with Gasteiger partial charge in [-0.2, -0.15) is 0 Å². The first-order valence-corrected chi connectivity index (χ1v) is 5.81. The Hall–Kier alpha value is -0.890. The maximum Gasteiger partial charge on any atom is 0.0471 e. The van der Waals surface area contributed by atoms with Crippen LogP contribution >= 0.6 is 0 Å². The van der Waals surface area contributed by atoms with Crippen LogP contribution in [0.15, 0.2) is 18.3 Å². The van der Waals surface area contributed by atoms with E-state index in [-0.39, 0.29) is 0 Å². The Balaban J connectivity index is 2.08. The van der Waals surface area contributed by atoms with Crippen LogP contribution in [0.4, 0.5) is 0 Å². The van der Waals surface area contributed by atoms with Crippen LogP contribution in [0.25, 0.3) is 0 Å². The maximum atomic E-state index is 5.36. The summed E-state index contributed by atoms with van der Waals surface area (Å²) < 4.78 is 5.36. The zero-order chi connectivity index (χ0) is 10.7. The van der Waals surface area contributed by atoms with E-state index in [0.717, 1.165) is 26.1 Å². The van der Waals surface area contributed by atoms with Gasteiger partial charge in [-0.05, 0) is 36.3 Å². The molecule has 2 rings (SSSR count). The third-order valence-electron chi connectivity index (χ3n) is 3.09. The van der Waals surface area contributed by atoms with Gasteiger partial charge in [-0.1, -0.05) is 19.9 Å². The van der Waals surface area contributed by atoms with E-state index in [1.807, 2.05) is 6.20 Å². The van der Waals surface area contributed by atoms with Crippen molar-refractivity contribution in [3.8, 4) is 0 Å². The van der Waals surface area contributed by atoms with Gasteiger partial charge >= 0.3 is 0 Å². The van der Waals surface area contributed by atoms with Gasteiger partial charge in [0.2, 0.25) is 0 Å². The van der Waals surface area contributed by atoms with Gasteiger partial charge in [-0.25, -0.2) is 0 Å². The molecule has 0 aliphatic carbocycles. The molecule has 0 N–H and O–H groups in total. The van der Waals surface area contributed by atoms with Crippen LogP contribution in [0.3, 0.4) is 0 Å². The minimum Gasteiger partial charge on any atom is -0.381 e. The number of pyridine rings is 1. The Labute approximate surface area is 91.7 Å². The maximum absolute atomic E-state index is 5.36. The molecule has 1 aromatic rings. The minimum atomic E-state index is 0.522. The number of rotatable bonds is 2. The average molecular weight is 205 g/mol. The third kappa shape index (κ3) is 2.57. The van der Waals surface area contributed by atoms with Crippen LogP contribution < -0.4 is 0 Å². The highest BCUT2D eigenvalue weighted by atomic mass is 16.5. The standard InChI is InChI=1S/C13H19NO/c1-10(2)13-4-3-12(9-14-13)11-5-7-15-8-6-11/h3-4,9-11H,5-8H2,1-2H3. The highest BCUT2D eigenvalue weighted by molar-refractivity contribution is 5.20. The van der Waals surface area contributed by atoms with Gasteiger partial charge in [0.25, 0.3) is 0 Å². The second-order valence-electron chi connectivity index (χ2n) is 4.56. The fourth-order valence-corrected chi connectivity index (χ4v) is 2.03. The summed E-state index contributed by atoms with van der Waals surface area (Å²) in [4.78, 5) is 4.51. The number of aromatic nitrogens is 1. The van der Waals surface area contributed by atoms with Crippen LogP contribution in [-0.4, -0.2) is 18.2 Å². The topological polar surface area (TPSA) is 22.1 Å². The van der Waals surface area contributed by atoms with Crippen LogP contribution in [0.2, 0.25) is 0 Å². The molecule has 1 aromatic heterocycles. The lowest BCUT2D eigenvalue weighted by Crippen LogP contribution is -2.14. The normalized spacial score (nSPS) is 18.3. The number of ether oxygens (including phenoxy) is 1. The first-order chi connectivity index (χ1) is 7.27. The summed E-state index contributed by atoms with van der Waals surface area (Å²) in [6.07, 6.45) is 4.33. The molecule has 2 heterocycles. The summed E-state index contributed by atoms with van der Waals surface area (Å²) in [7, 11) is 0. The van der Waals surface area contributed by atoms with E-state index in [1.54, 1.807) is 0 Å². The summed E-state index contributed by atoms with van der Waals surface area (Å²) in [6, 6.07) is 4.40. The Bertz CT molecular complexity index is 299. The predicted molar refractivity (Wildman–Crippen MR) is 61.1 cm³/mol. The van der Waals surface area contributed by atoms with Gasteiger partial charge in [0.15, 0.2) is 0 Å². The lowest BCUT2D eigenvalue weighted by atomic mass is 9.92. The summed E-state index contributed by atoms with van der Waals surface area (Å²) in [5.41, 5.74) is 2.56. The van der Waals surface area contributed by atoms with Crippen molar-refractivity contribution in [2.45, 2.75) is 38.5 Å². The summed E-state index contributed by atoms with van der Waals surface area (Å²) in [5, 5.41) is 0. The molecular weight excluding hydrogens is 186 g/mol. The molecule has 0 atom stereocenters. The molecule has 0 aromatic carbocycles. The number of hydrogen-bond acceptors (Lipinski definition) is 2. The van der Waals surface area contributed by atoms with Crippen LogP contribution in [0.1, 0.15) is 49.8 Å². The van der Waals surface area contributed by atoms with E-state index in [1.165, 1.54) is 11.3 Å². The van der Waals surface area contributed by atoms with E-state index in [9.17, 15) is 0 Å². The molecular formula is C13H19NO. The highest BCUT2D eigenvalue weighted by Gasteiger charge is 2.16. The van der Waals surface area contributed by atoms with E-state index in [4.69, 9.17) is 4.74 Å². The molecule has 1 saturated heterocycles. The lowest BCUT2D eigenvalue weighted by molar-refractivity contribution is 0.0852. The molecule has 0 amide bonds. The fraction of sp³-hybridized carbons (Fsp3) is 0.615. The van der Waals surface area contributed by atoms with E-state index in [0.29, 0.717) is 11.8 Å². The van der Waals surface area contributed by atoms with Crippen molar-refractivity contribution >= 4 is 0 Å². The van der Waals surface area contributed by atoms with Gasteiger partial charge < -0.3 is 4.74 Å². The SMILES string of the molecule is CC(C)c1ccc(C2CCOCC2)cn1. The number of hydrogen-bond donors (Lipinski definition) is 0. The van der Waals surface area contributed by atoms with Crippen molar-refractivity contribution in [3.63, 3.8) is 0 Å². The van der Waals surface area contributed by atoms with Crippen molar-refractivity contribution < 1.29 is 4.74 Å². The first kappa shape index (κ1) is 10.6. The molecule has 0 radical (unpaired) electrons. The average Bonchev–Trinajstić information content (AvgIpc) is 2.30. The molecule has 1 fully saturated rings. The fourth-order valence-electron chi connectivity index (χ4n) is 2.03. The van der Waals surface area contributed by atoms with Crippen LogP contribution in [0.5, 0.6) is 0 Å². The second kappa shape index (κ2) is 4.75. The Kier molecular flexibility index (Phi) is 3.37. The molecule has 1 aliphatic heterocycles. The summed E-state index contributed by atoms with van der Waals surface area (Å²) in [5.74, 6) is 1.18. The molecule has 82 valence electrons. The van der Waals surface area contributed by atoms with Crippen molar-refractivity contribution in [1.29, 1.82) is 0 Å². The van der Waals surface area contributed by atoms with E-state index >= 15 is 0 Å². The van der Waals surface area contributed by atoms with Gasteiger partial charge in [-0.15, -0.1) is 0 Å². The molecule has 2 nitrogen and oxygen atoms in total. The van der Waals surface area contributed by atoms with Gasteiger partial charge in [0.1, 0.15) is 0 Å². The largest absolute Gasteiger partial charge is 0.381 e. The smallest absolute Gasteiger partial charge is 0.0471 e. The van der Waals surface area contributed by atoms with Gasteiger partial charge in [0.05, 0.1) is 0 Å². The van der Waals surface area contributed by atoms with Crippen molar-refractivity contribution in [2.75, 3.05) is 13.2 Å². The quantitative estimate of drug-likeness (QED) is 0.740. The molecule has 0 bridgehead atoms. The second-order valence-corrected chi connectivity index (χ2v) is 4.56. The zero-order valence-electron chi connectivity index (χ0n) is 9.57. The third-order valence-corrected chi connectivity index (χ3v) is 3.09. The van der Waals surface area contributed by atoms with Crippen molar-refractivity contribution in [1.82, 2.24) is 4.98 Å². The molecule has 1 aliphatic rings. The molecule has 2 heteroatoms. The Morgan fingerprint density at radius 2 is 2.00 bits per heavy atom. The minimum absolute atomic E-state index is 0.522. The van der Waals surface area contributed by atoms with Gasteiger partial charge in [0, 0.05) is 25.1 Å². The van der Waals surface area contributed by atoms with E-state index < -0.39 is 0 Å². The van der Waals surface area contributed by atoms with Gasteiger partial charge in [-0.3, -0.25) is 4.98 Å². The monoisotopic (exact) mass is 205 g/mol. The zero-order valence-corrected chi connectivity index (χ0v) is 9.57. The highest BCUT2D eigenvalue weighted by Crippen LogP contribution is 2.26. The van der Waals surface area contributed by atoms with Crippen molar-refractivity contribution in [2.24, 2.45) is 0 Å². The molecule has 15 heavy (non-hydrogen) atoms. The van der Waals surface area contributed by atoms with Crippen LogP contribution in [0, 0.1) is 0 Å². The summed E-state index contributed by atoms with van der Waals surface area (Å²) in [6.45, 7) is 6.15. The first-order valence-electron chi connectivity index (χ1n) is 5.81. The molecule has 0 saturated carbocycles.